The van der Waals surface area contributed by atoms with Crippen LogP contribution in [0, 0.1) is 5.92 Å². The molecule has 2 aliphatic carbocycles. The quantitative estimate of drug-likeness (QED) is 0.760. The summed E-state index contributed by atoms with van der Waals surface area (Å²) in [6, 6.07) is -0.806. The number of sulfonamides is 1. The number of carbonyl (C=O) groups excluding carboxylic acids is 2. The Kier molecular flexibility index (Phi) is 4.88. The van der Waals surface area contributed by atoms with E-state index in [1.54, 1.807) is 6.92 Å². The molecule has 0 aromatic heterocycles. The van der Waals surface area contributed by atoms with Crippen LogP contribution in [-0.2, 0) is 19.6 Å². The van der Waals surface area contributed by atoms with Crippen LogP contribution in [0.1, 0.15) is 51.9 Å². The third-order valence-electron chi connectivity index (χ3n) is 5.68. The van der Waals surface area contributed by atoms with Crippen LogP contribution in [0.4, 0.5) is 0 Å². The molecule has 1 atom stereocenters. The molecule has 1 spiro atoms. The Hall–Kier alpha value is -1.15. The fourth-order valence-electron chi connectivity index (χ4n) is 3.88. The molecule has 7 nitrogen and oxygen atoms in total. The van der Waals surface area contributed by atoms with Gasteiger partial charge in [-0.25, -0.2) is 8.42 Å². The lowest BCUT2D eigenvalue weighted by molar-refractivity contribution is -0.133. The van der Waals surface area contributed by atoms with Crippen LogP contribution in [0.25, 0.3) is 0 Å². The van der Waals surface area contributed by atoms with Gasteiger partial charge in [0.1, 0.15) is 6.04 Å². The van der Waals surface area contributed by atoms with Crippen molar-refractivity contribution in [3.63, 3.8) is 0 Å². The van der Waals surface area contributed by atoms with E-state index in [1.807, 2.05) is 0 Å². The number of rotatable bonds is 4. The standard InChI is InChI=1S/C16H27N3O4S/c1-2-24(22,23)19-10-13(17-14(20)12-6-5-7-12)15(21)18-16(11-19)8-3-4-9-16/h12-13H,2-11H2,1H3,(H,17,20)(H,18,21). The maximum Gasteiger partial charge on any atom is 0.244 e. The molecule has 2 N–H and O–H groups in total. The van der Waals surface area contributed by atoms with E-state index in [4.69, 9.17) is 0 Å². The van der Waals surface area contributed by atoms with Crippen molar-refractivity contribution in [3.8, 4) is 0 Å². The zero-order valence-corrected chi connectivity index (χ0v) is 15.0. The molecule has 3 fully saturated rings. The van der Waals surface area contributed by atoms with Crippen molar-refractivity contribution in [1.82, 2.24) is 14.9 Å². The van der Waals surface area contributed by atoms with E-state index in [2.05, 4.69) is 10.6 Å². The highest BCUT2D eigenvalue weighted by Gasteiger charge is 2.45. The summed E-state index contributed by atoms with van der Waals surface area (Å²) in [5.41, 5.74) is -0.477. The second-order valence-corrected chi connectivity index (χ2v) is 9.62. The number of nitrogens with one attached hydrogen (secondary N) is 2. The van der Waals surface area contributed by atoms with Crippen molar-refractivity contribution in [2.24, 2.45) is 5.92 Å². The first-order valence-corrected chi connectivity index (χ1v) is 10.6. The molecule has 8 heteroatoms. The molecule has 3 rings (SSSR count). The third kappa shape index (κ3) is 3.44. The van der Waals surface area contributed by atoms with Gasteiger partial charge in [0.05, 0.1) is 11.3 Å². The minimum atomic E-state index is -3.42. The molecule has 136 valence electrons. The van der Waals surface area contributed by atoms with Crippen molar-refractivity contribution in [2.45, 2.75) is 63.5 Å². The summed E-state index contributed by atoms with van der Waals surface area (Å²) >= 11 is 0. The van der Waals surface area contributed by atoms with E-state index >= 15 is 0 Å². The van der Waals surface area contributed by atoms with Gasteiger partial charge in [0.25, 0.3) is 0 Å². The van der Waals surface area contributed by atoms with E-state index in [0.29, 0.717) is 6.54 Å². The van der Waals surface area contributed by atoms with Crippen LogP contribution in [0.15, 0.2) is 0 Å². The van der Waals surface area contributed by atoms with Crippen LogP contribution in [0.2, 0.25) is 0 Å². The molecule has 0 aromatic rings. The first kappa shape index (κ1) is 17.7. The topological polar surface area (TPSA) is 95.6 Å². The first-order chi connectivity index (χ1) is 11.4. The predicted octanol–water partition coefficient (Wildman–Crippen LogP) is 0.366. The monoisotopic (exact) mass is 357 g/mol. The summed E-state index contributed by atoms with van der Waals surface area (Å²) in [6.07, 6.45) is 6.28. The summed E-state index contributed by atoms with van der Waals surface area (Å²) in [6.45, 7) is 1.95. The number of carbonyl (C=O) groups is 2. The van der Waals surface area contributed by atoms with Crippen molar-refractivity contribution in [3.05, 3.63) is 0 Å². The van der Waals surface area contributed by atoms with Gasteiger partial charge in [-0.15, -0.1) is 0 Å². The van der Waals surface area contributed by atoms with Crippen LogP contribution in [0.3, 0.4) is 0 Å². The second kappa shape index (κ2) is 6.63. The average Bonchev–Trinajstić information content (AvgIpc) is 2.86. The molecule has 0 bridgehead atoms. The number of hydrogen-bond acceptors (Lipinski definition) is 4. The van der Waals surface area contributed by atoms with Gasteiger partial charge in [0.15, 0.2) is 0 Å². The molecule has 1 saturated heterocycles. The summed E-state index contributed by atoms with van der Waals surface area (Å²) in [7, 11) is -3.42. The van der Waals surface area contributed by atoms with Crippen molar-refractivity contribution < 1.29 is 18.0 Å². The summed E-state index contributed by atoms with van der Waals surface area (Å²) in [5.74, 6) is -0.408. The second-order valence-electron chi connectivity index (χ2n) is 7.36. The zero-order valence-electron chi connectivity index (χ0n) is 14.2. The van der Waals surface area contributed by atoms with E-state index in [0.717, 1.165) is 44.9 Å². The maximum absolute atomic E-state index is 12.7. The van der Waals surface area contributed by atoms with Crippen molar-refractivity contribution in [1.29, 1.82) is 0 Å². The maximum atomic E-state index is 12.7. The predicted molar refractivity (Wildman–Crippen MR) is 89.6 cm³/mol. The largest absolute Gasteiger partial charge is 0.348 e. The average molecular weight is 357 g/mol. The van der Waals surface area contributed by atoms with Crippen LogP contribution in [-0.4, -0.2) is 55.0 Å². The molecule has 1 heterocycles. The lowest BCUT2D eigenvalue weighted by Gasteiger charge is -2.32. The highest BCUT2D eigenvalue weighted by atomic mass is 32.2. The van der Waals surface area contributed by atoms with Gasteiger partial charge in [0.2, 0.25) is 21.8 Å². The third-order valence-corrected chi connectivity index (χ3v) is 7.48. The van der Waals surface area contributed by atoms with Crippen LogP contribution < -0.4 is 10.6 Å². The molecular formula is C16H27N3O4S. The van der Waals surface area contributed by atoms with Crippen molar-refractivity contribution >= 4 is 21.8 Å². The number of amides is 2. The van der Waals surface area contributed by atoms with Gasteiger partial charge in [-0.1, -0.05) is 19.3 Å². The van der Waals surface area contributed by atoms with Crippen LogP contribution >= 0.6 is 0 Å². The van der Waals surface area contributed by atoms with E-state index in [1.165, 1.54) is 4.31 Å². The summed E-state index contributed by atoms with van der Waals surface area (Å²) in [4.78, 5) is 24.9. The fourth-order valence-corrected chi connectivity index (χ4v) is 5.06. The highest BCUT2D eigenvalue weighted by Crippen LogP contribution is 2.33. The molecule has 24 heavy (non-hydrogen) atoms. The molecule has 1 unspecified atom stereocenters. The Morgan fingerprint density at radius 3 is 2.50 bits per heavy atom. The Morgan fingerprint density at radius 1 is 1.29 bits per heavy atom. The van der Waals surface area contributed by atoms with Gasteiger partial charge < -0.3 is 10.6 Å². The Morgan fingerprint density at radius 2 is 1.96 bits per heavy atom. The van der Waals surface area contributed by atoms with Crippen molar-refractivity contribution in [2.75, 3.05) is 18.8 Å². The molecule has 2 saturated carbocycles. The molecule has 2 amide bonds. The van der Waals surface area contributed by atoms with Gasteiger partial charge in [-0.05, 0) is 32.6 Å². The lowest BCUT2D eigenvalue weighted by atomic mass is 9.84. The van der Waals surface area contributed by atoms with E-state index < -0.39 is 21.6 Å². The minimum absolute atomic E-state index is 0.000557. The number of hydrogen-bond donors (Lipinski definition) is 2. The normalized spacial score (nSPS) is 28.2. The molecule has 0 aromatic carbocycles. The van der Waals surface area contributed by atoms with Gasteiger partial charge in [0, 0.05) is 19.0 Å². The molecular weight excluding hydrogens is 330 g/mol. The molecule has 1 aliphatic heterocycles. The van der Waals surface area contributed by atoms with Gasteiger partial charge in [-0.2, -0.15) is 4.31 Å². The van der Waals surface area contributed by atoms with Crippen LogP contribution in [0.5, 0.6) is 0 Å². The van der Waals surface area contributed by atoms with Gasteiger partial charge >= 0.3 is 0 Å². The summed E-state index contributed by atoms with van der Waals surface area (Å²) in [5, 5.41) is 5.84. The zero-order chi connectivity index (χ0) is 17.4. The summed E-state index contributed by atoms with van der Waals surface area (Å²) < 4.78 is 26.3. The van der Waals surface area contributed by atoms with E-state index in [9.17, 15) is 18.0 Å². The Bertz CT molecular complexity index is 609. The van der Waals surface area contributed by atoms with Gasteiger partial charge in [-0.3, -0.25) is 9.59 Å². The molecule has 3 aliphatic rings. The van der Waals surface area contributed by atoms with E-state index in [-0.39, 0.29) is 30.0 Å². The first-order valence-electron chi connectivity index (χ1n) is 8.95. The molecule has 0 radical (unpaired) electrons. The smallest absolute Gasteiger partial charge is 0.244 e. The number of nitrogens with zero attached hydrogens (tertiary/aromatic N) is 1. The fraction of sp³-hybridized carbons (Fsp3) is 0.875. The lowest BCUT2D eigenvalue weighted by Crippen LogP contribution is -2.55. The highest BCUT2D eigenvalue weighted by molar-refractivity contribution is 7.89. The SMILES string of the molecule is CCS(=O)(=O)N1CC(NC(=O)C2CCC2)C(=O)NC2(CCCC2)C1. The Labute approximate surface area is 143 Å². The Balaban J connectivity index is 1.81. The minimum Gasteiger partial charge on any atom is -0.348 e.